The van der Waals surface area contributed by atoms with Crippen molar-refractivity contribution in [1.29, 1.82) is 0 Å². The van der Waals surface area contributed by atoms with Gasteiger partial charge in [-0.2, -0.15) is 0 Å². The predicted octanol–water partition coefficient (Wildman–Crippen LogP) is 2.08. The third-order valence-electron chi connectivity index (χ3n) is 3.84. The van der Waals surface area contributed by atoms with Crippen molar-refractivity contribution in [1.82, 2.24) is 9.97 Å². The molecule has 1 aromatic heterocycles. The molecule has 1 aliphatic heterocycles. The van der Waals surface area contributed by atoms with Crippen LogP contribution in [0, 0.1) is 5.92 Å². The Bertz CT molecular complexity index is 461. The topological polar surface area (TPSA) is 50.3 Å². The van der Waals surface area contributed by atoms with Gasteiger partial charge in [0, 0.05) is 25.7 Å². The van der Waals surface area contributed by atoms with Gasteiger partial charge < -0.3 is 15.0 Å². The van der Waals surface area contributed by atoms with Gasteiger partial charge in [-0.1, -0.05) is 6.08 Å². The molecule has 1 aromatic rings. The lowest BCUT2D eigenvalue weighted by Crippen LogP contribution is -2.24. The van der Waals surface area contributed by atoms with Crippen molar-refractivity contribution in [2.45, 2.75) is 25.4 Å². The molecule has 0 spiro atoms. The van der Waals surface area contributed by atoms with E-state index in [4.69, 9.17) is 4.74 Å². The number of hydrogen-bond acceptors (Lipinski definition) is 5. The van der Waals surface area contributed by atoms with Crippen molar-refractivity contribution in [2.24, 2.45) is 5.92 Å². The second-order valence-electron chi connectivity index (χ2n) is 5.56. The molecule has 1 unspecified atom stereocenters. The highest BCUT2D eigenvalue weighted by Crippen LogP contribution is 2.29. The lowest BCUT2D eigenvalue weighted by atomic mass is 10.3. The molecule has 108 valence electrons. The van der Waals surface area contributed by atoms with Crippen LogP contribution in [0.1, 0.15) is 19.3 Å². The van der Waals surface area contributed by atoms with Crippen LogP contribution in [0.5, 0.6) is 0 Å². The maximum absolute atomic E-state index is 5.70. The van der Waals surface area contributed by atoms with Crippen LogP contribution < -0.4 is 10.2 Å². The van der Waals surface area contributed by atoms with E-state index in [-0.39, 0.29) is 6.10 Å². The van der Waals surface area contributed by atoms with Crippen LogP contribution in [0.4, 0.5) is 11.6 Å². The maximum atomic E-state index is 5.70. The normalized spacial score (nSPS) is 22.0. The number of nitrogens with one attached hydrogen (secondary N) is 1. The van der Waals surface area contributed by atoms with Gasteiger partial charge in [0.2, 0.25) is 0 Å². The number of rotatable bonds is 7. The van der Waals surface area contributed by atoms with Crippen LogP contribution in [-0.2, 0) is 4.74 Å². The van der Waals surface area contributed by atoms with Crippen molar-refractivity contribution in [3.63, 3.8) is 0 Å². The summed E-state index contributed by atoms with van der Waals surface area (Å²) >= 11 is 0. The Morgan fingerprint density at radius 2 is 2.30 bits per heavy atom. The van der Waals surface area contributed by atoms with Gasteiger partial charge in [0.1, 0.15) is 18.0 Å². The summed E-state index contributed by atoms with van der Waals surface area (Å²) in [6, 6.07) is 2.04. The van der Waals surface area contributed by atoms with Crippen molar-refractivity contribution in [2.75, 3.05) is 36.5 Å². The first-order valence-corrected chi connectivity index (χ1v) is 7.38. The van der Waals surface area contributed by atoms with E-state index < -0.39 is 0 Å². The minimum Gasteiger partial charge on any atom is -0.372 e. The van der Waals surface area contributed by atoms with Gasteiger partial charge in [-0.05, 0) is 25.2 Å². The molecule has 1 saturated carbocycles. The molecule has 2 fully saturated rings. The summed E-state index contributed by atoms with van der Waals surface area (Å²) in [5.74, 6) is 2.76. The largest absolute Gasteiger partial charge is 0.372 e. The Morgan fingerprint density at radius 3 is 3.10 bits per heavy atom. The Labute approximate surface area is 120 Å². The molecule has 0 bridgehead atoms. The highest BCUT2D eigenvalue weighted by Gasteiger charge is 2.24. The molecule has 1 N–H and O–H groups in total. The van der Waals surface area contributed by atoms with Gasteiger partial charge >= 0.3 is 0 Å². The van der Waals surface area contributed by atoms with Crippen LogP contribution >= 0.6 is 0 Å². The fraction of sp³-hybridized carbons (Fsp3) is 0.600. The number of ether oxygens (including phenoxy) is 1. The van der Waals surface area contributed by atoms with E-state index in [1.54, 1.807) is 12.4 Å². The number of anilines is 2. The van der Waals surface area contributed by atoms with Crippen molar-refractivity contribution < 1.29 is 4.74 Å². The SMILES string of the molecule is C=CCOC1CCN(c2cc(NCC3CC3)ncn2)C1. The zero-order valence-corrected chi connectivity index (χ0v) is 11.8. The molecular weight excluding hydrogens is 252 g/mol. The van der Waals surface area contributed by atoms with Crippen LogP contribution in [0.15, 0.2) is 25.0 Å². The Balaban J connectivity index is 1.56. The first kappa shape index (κ1) is 13.4. The quantitative estimate of drug-likeness (QED) is 0.771. The molecule has 0 aromatic carbocycles. The lowest BCUT2D eigenvalue weighted by Gasteiger charge is -2.18. The zero-order chi connectivity index (χ0) is 13.8. The summed E-state index contributed by atoms with van der Waals surface area (Å²) in [5.41, 5.74) is 0. The lowest BCUT2D eigenvalue weighted by molar-refractivity contribution is 0.0909. The van der Waals surface area contributed by atoms with E-state index in [0.29, 0.717) is 6.61 Å². The minimum absolute atomic E-state index is 0.283. The molecule has 0 radical (unpaired) electrons. The van der Waals surface area contributed by atoms with E-state index in [0.717, 1.165) is 43.6 Å². The summed E-state index contributed by atoms with van der Waals surface area (Å²) in [5, 5.41) is 3.39. The van der Waals surface area contributed by atoms with Crippen LogP contribution in [0.2, 0.25) is 0 Å². The maximum Gasteiger partial charge on any atom is 0.134 e. The fourth-order valence-electron chi connectivity index (χ4n) is 2.46. The molecule has 0 amide bonds. The second kappa shape index (κ2) is 6.22. The molecule has 5 nitrogen and oxygen atoms in total. The van der Waals surface area contributed by atoms with Crippen LogP contribution in [0.25, 0.3) is 0 Å². The molecule has 1 atom stereocenters. The second-order valence-corrected chi connectivity index (χ2v) is 5.56. The summed E-state index contributed by atoms with van der Waals surface area (Å²) < 4.78 is 5.70. The molecule has 5 heteroatoms. The Morgan fingerprint density at radius 1 is 1.40 bits per heavy atom. The summed E-state index contributed by atoms with van der Waals surface area (Å²) in [6.07, 6.45) is 7.46. The molecule has 3 rings (SSSR count). The van der Waals surface area contributed by atoms with Crippen molar-refractivity contribution in [3.05, 3.63) is 25.0 Å². The van der Waals surface area contributed by atoms with Gasteiger partial charge in [0.15, 0.2) is 0 Å². The van der Waals surface area contributed by atoms with Crippen molar-refractivity contribution in [3.8, 4) is 0 Å². The molecule has 2 heterocycles. The molecular formula is C15H22N4O. The van der Waals surface area contributed by atoms with Gasteiger partial charge in [-0.25, -0.2) is 9.97 Å². The van der Waals surface area contributed by atoms with E-state index in [9.17, 15) is 0 Å². The van der Waals surface area contributed by atoms with Crippen molar-refractivity contribution >= 4 is 11.6 Å². The smallest absolute Gasteiger partial charge is 0.134 e. The number of hydrogen-bond donors (Lipinski definition) is 1. The van der Waals surface area contributed by atoms with Gasteiger partial charge in [0.05, 0.1) is 12.7 Å². The average Bonchev–Trinajstić information content (AvgIpc) is 3.20. The standard InChI is InChI=1S/C15H22N4O/c1-2-7-20-13-5-6-19(10-13)15-8-14(17-11-18-15)16-9-12-3-4-12/h2,8,11-13H,1,3-7,9-10H2,(H,16,17,18). The molecule has 2 aliphatic rings. The monoisotopic (exact) mass is 274 g/mol. The fourth-order valence-corrected chi connectivity index (χ4v) is 2.46. The summed E-state index contributed by atoms with van der Waals surface area (Å²) in [7, 11) is 0. The van der Waals surface area contributed by atoms with Crippen LogP contribution in [0.3, 0.4) is 0 Å². The van der Waals surface area contributed by atoms with E-state index in [2.05, 4.69) is 26.8 Å². The van der Waals surface area contributed by atoms with E-state index in [1.165, 1.54) is 12.8 Å². The predicted molar refractivity (Wildman–Crippen MR) is 80.0 cm³/mol. The molecule has 20 heavy (non-hydrogen) atoms. The highest BCUT2D eigenvalue weighted by atomic mass is 16.5. The van der Waals surface area contributed by atoms with E-state index in [1.807, 2.05) is 6.07 Å². The summed E-state index contributed by atoms with van der Waals surface area (Å²) in [6.45, 7) is 7.22. The first-order valence-electron chi connectivity index (χ1n) is 7.38. The van der Waals surface area contributed by atoms with Crippen LogP contribution in [-0.4, -0.2) is 42.3 Å². The Kier molecular flexibility index (Phi) is 4.16. The number of aromatic nitrogens is 2. The first-order chi connectivity index (χ1) is 9.85. The van der Waals surface area contributed by atoms with Gasteiger partial charge in [-0.3, -0.25) is 0 Å². The third-order valence-corrected chi connectivity index (χ3v) is 3.84. The third kappa shape index (κ3) is 3.48. The highest BCUT2D eigenvalue weighted by molar-refractivity contribution is 5.49. The molecule has 1 saturated heterocycles. The minimum atomic E-state index is 0.283. The van der Waals surface area contributed by atoms with E-state index >= 15 is 0 Å². The molecule has 1 aliphatic carbocycles. The Hall–Kier alpha value is -1.62. The average molecular weight is 274 g/mol. The zero-order valence-electron chi connectivity index (χ0n) is 11.8. The van der Waals surface area contributed by atoms with Gasteiger partial charge in [0.25, 0.3) is 0 Å². The van der Waals surface area contributed by atoms with Gasteiger partial charge in [-0.15, -0.1) is 6.58 Å². The summed E-state index contributed by atoms with van der Waals surface area (Å²) in [4.78, 5) is 10.9. The number of nitrogens with zero attached hydrogens (tertiary/aromatic N) is 3.